The lowest BCUT2D eigenvalue weighted by atomic mass is 10.00. The molecular formula is C13H15NO3. The standard InChI is InChI=1S/C13H15NO3/c1-8(2)10-4-5-11(9(3)6-10)14-12(15)7-17-13(14)16/h4-6,8H,7H2,1-3H3. The van der Waals surface area contributed by atoms with E-state index in [1.165, 1.54) is 5.56 Å². The number of nitrogens with zero attached hydrogens (tertiary/aromatic N) is 1. The first-order valence-corrected chi connectivity index (χ1v) is 5.61. The van der Waals surface area contributed by atoms with Gasteiger partial charge in [-0.2, -0.15) is 0 Å². The van der Waals surface area contributed by atoms with Crippen molar-refractivity contribution >= 4 is 17.7 Å². The maximum Gasteiger partial charge on any atom is 0.421 e. The Balaban J connectivity index is 2.40. The number of ether oxygens (including phenoxy) is 1. The number of carbonyl (C=O) groups is 2. The summed E-state index contributed by atoms with van der Waals surface area (Å²) < 4.78 is 4.70. The van der Waals surface area contributed by atoms with Crippen molar-refractivity contribution in [2.24, 2.45) is 0 Å². The van der Waals surface area contributed by atoms with Crippen molar-refractivity contribution in [1.82, 2.24) is 0 Å². The Morgan fingerprint density at radius 3 is 2.47 bits per heavy atom. The van der Waals surface area contributed by atoms with Crippen molar-refractivity contribution in [3.63, 3.8) is 0 Å². The van der Waals surface area contributed by atoms with Crippen LogP contribution in [0.1, 0.15) is 30.9 Å². The number of cyclic esters (lactones) is 1. The van der Waals surface area contributed by atoms with Gasteiger partial charge in [0.05, 0.1) is 5.69 Å². The predicted octanol–water partition coefficient (Wildman–Crippen LogP) is 2.60. The van der Waals surface area contributed by atoms with Crippen LogP contribution < -0.4 is 4.90 Å². The molecule has 0 saturated carbocycles. The maximum atomic E-state index is 11.5. The molecule has 1 heterocycles. The van der Waals surface area contributed by atoms with Gasteiger partial charge in [-0.05, 0) is 30.0 Å². The number of hydrogen-bond acceptors (Lipinski definition) is 3. The van der Waals surface area contributed by atoms with Crippen LogP contribution in [0.2, 0.25) is 0 Å². The quantitative estimate of drug-likeness (QED) is 0.788. The second kappa shape index (κ2) is 4.20. The number of carbonyl (C=O) groups excluding carboxylic acids is 2. The van der Waals surface area contributed by atoms with Gasteiger partial charge in [-0.1, -0.05) is 26.0 Å². The van der Waals surface area contributed by atoms with E-state index in [2.05, 4.69) is 13.8 Å². The van der Waals surface area contributed by atoms with Gasteiger partial charge >= 0.3 is 6.09 Å². The fraction of sp³-hybridized carbons (Fsp3) is 0.385. The second-order valence-electron chi connectivity index (χ2n) is 4.48. The van der Waals surface area contributed by atoms with Crippen LogP contribution in [0.4, 0.5) is 10.5 Å². The molecule has 0 atom stereocenters. The Morgan fingerprint density at radius 1 is 1.29 bits per heavy atom. The molecule has 90 valence electrons. The van der Waals surface area contributed by atoms with Crippen LogP contribution in [0.15, 0.2) is 18.2 Å². The molecule has 0 spiro atoms. The van der Waals surface area contributed by atoms with Gasteiger partial charge in [-0.15, -0.1) is 0 Å². The minimum absolute atomic E-state index is 0.162. The van der Waals surface area contributed by atoms with Gasteiger partial charge in [0, 0.05) is 0 Å². The van der Waals surface area contributed by atoms with Crippen molar-refractivity contribution in [1.29, 1.82) is 0 Å². The van der Waals surface area contributed by atoms with Crippen LogP contribution in [0.5, 0.6) is 0 Å². The summed E-state index contributed by atoms with van der Waals surface area (Å²) in [6.45, 7) is 5.93. The Labute approximate surface area is 100 Å². The number of imide groups is 1. The summed E-state index contributed by atoms with van der Waals surface area (Å²) in [6, 6.07) is 5.74. The number of rotatable bonds is 2. The minimum Gasteiger partial charge on any atom is -0.439 e. The van der Waals surface area contributed by atoms with E-state index in [-0.39, 0.29) is 12.5 Å². The Morgan fingerprint density at radius 2 is 2.00 bits per heavy atom. The molecule has 1 aliphatic rings. The summed E-state index contributed by atoms with van der Waals surface area (Å²) in [6.07, 6.45) is -0.588. The molecule has 1 saturated heterocycles. The Bertz CT molecular complexity index is 464. The third-order valence-corrected chi connectivity index (χ3v) is 2.88. The van der Waals surface area contributed by atoms with E-state index in [1.807, 2.05) is 19.1 Å². The third kappa shape index (κ3) is 2.02. The molecule has 0 aromatic heterocycles. The molecule has 2 amide bonds. The molecule has 0 bridgehead atoms. The van der Waals surface area contributed by atoms with Crippen molar-refractivity contribution in [2.75, 3.05) is 11.5 Å². The van der Waals surface area contributed by atoms with Crippen molar-refractivity contribution < 1.29 is 14.3 Å². The van der Waals surface area contributed by atoms with E-state index < -0.39 is 6.09 Å². The maximum absolute atomic E-state index is 11.5. The van der Waals surface area contributed by atoms with Crippen LogP contribution in [0.3, 0.4) is 0 Å². The summed E-state index contributed by atoms with van der Waals surface area (Å²) in [5.74, 6) is 0.111. The van der Waals surface area contributed by atoms with E-state index in [0.717, 1.165) is 10.5 Å². The van der Waals surface area contributed by atoms with Crippen LogP contribution >= 0.6 is 0 Å². The summed E-state index contributed by atoms with van der Waals surface area (Å²) in [5.41, 5.74) is 2.71. The molecule has 1 aromatic rings. The summed E-state index contributed by atoms with van der Waals surface area (Å²) in [5, 5.41) is 0. The van der Waals surface area contributed by atoms with Gasteiger partial charge in [0.15, 0.2) is 6.61 Å². The lowest BCUT2D eigenvalue weighted by molar-refractivity contribution is -0.117. The monoisotopic (exact) mass is 233 g/mol. The first-order valence-electron chi connectivity index (χ1n) is 5.61. The number of aryl methyl sites for hydroxylation is 1. The van der Waals surface area contributed by atoms with Crippen LogP contribution in [-0.4, -0.2) is 18.6 Å². The number of anilines is 1. The lowest BCUT2D eigenvalue weighted by Gasteiger charge is -2.16. The molecule has 1 aromatic carbocycles. The zero-order chi connectivity index (χ0) is 12.6. The van der Waals surface area contributed by atoms with Gasteiger partial charge in [0.2, 0.25) is 0 Å². The Kier molecular flexibility index (Phi) is 2.88. The molecule has 4 nitrogen and oxygen atoms in total. The zero-order valence-corrected chi connectivity index (χ0v) is 10.2. The third-order valence-electron chi connectivity index (χ3n) is 2.88. The topological polar surface area (TPSA) is 46.6 Å². The zero-order valence-electron chi connectivity index (χ0n) is 10.2. The molecule has 0 unspecified atom stereocenters. The van der Waals surface area contributed by atoms with Crippen molar-refractivity contribution in [3.8, 4) is 0 Å². The minimum atomic E-state index is -0.588. The van der Waals surface area contributed by atoms with E-state index in [0.29, 0.717) is 11.6 Å². The van der Waals surface area contributed by atoms with Crippen molar-refractivity contribution in [3.05, 3.63) is 29.3 Å². The lowest BCUT2D eigenvalue weighted by Crippen LogP contribution is -2.29. The predicted molar refractivity (Wildman–Crippen MR) is 64.1 cm³/mol. The highest BCUT2D eigenvalue weighted by Crippen LogP contribution is 2.27. The molecule has 1 fully saturated rings. The average molecular weight is 233 g/mol. The SMILES string of the molecule is Cc1cc(C(C)C)ccc1N1C(=O)COC1=O. The molecule has 0 aliphatic carbocycles. The highest BCUT2D eigenvalue weighted by Gasteiger charge is 2.33. The van der Waals surface area contributed by atoms with E-state index in [1.54, 1.807) is 6.07 Å². The van der Waals surface area contributed by atoms with Crippen LogP contribution in [-0.2, 0) is 9.53 Å². The van der Waals surface area contributed by atoms with Gasteiger partial charge in [0.25, 0.3) is 5.91 Å². The van der Waals surface area contributed by atoms with Gasteiger partial charge in [-0.25, -0.2) is 9.69 Å². The van der Waals surface area contributed by atoms with E-state index in [9.17, 15) is 9.59 Å². The average Bonchev–Trinajstić information content (AvgIpc) is 2.59. The largest absolute Gasteiger partial charge is 0.439 e. The van der Waals surface area contributed by atoms with Gasteiger partial charge in [-0.3, -0.25) is 4.79 Å². The molecule has 1 aliphatic heterocycles. The van der Waals surface area contributed by atoms with Gasteiger partial charge in [0.1, 0.15) is 0 Å². The normalized spacial score (nSPS) is 15.6. The van der Waals surface area contributed by atoms with Crippen molar-refractivity contribution in [2.45, 2.75) is 26.7 Å². The highest BCUT2D eigenvalue weighted by molar-refractivity contribution is 6.17. The first-order chi connectivity index (χ1) is 8.00. The van der Waals surface area contributed by atoms with E-state index >= 15 is 0 Å². The molecule has 0 radical (unpaired) electrons. The molecule has 17 heavy (non-hydrogen) atoms. The van der Waals surface area contributed by atoms with Crippen LogP contribution in [0.25, 0.3) is 0 Å². The second-order valence-corrected chi connectivity index (χ2v) is 4.48. The summed E-state index contributed by atoms with van der Waals surface area (Å²) >= 11 is 0. The fourth-order valence-electron chi connectivity index (χ4n) is 1.88. The molecule has 0 N–H and O–H groups in total. The number of benzene rings is 1. The summed E-state index contributed by atoms with van der Waals surface area (Å²) in [4.78, 5) is 24.1. The highest BCUT2D eigenvalue weighted by atomic mass is 16.6. The fourth-order valence-corrected chi connectivity index (χ4v) is 1.88. The summed E-state index contributed by atoms with van der Waals surface area (Å²) in [7, 11) is 0. The van der Waals surface area contributed by atoms with E-state index in [4.69, 9.17) is 4.74 Å². The van der Waals surface area contributed by atoms with Crippen LogP contribution in [0, 0.1) is 6.92 Å². The smallest absolute Gasteiger partial charge is 0.421 e. The molecule has 4 heteroatoms. The van der Waals surface area contributed by atoms with Gasteiger partial charge < -0.3 is 4.74 Å². The number of amides is 2. The number of hydrogen-bond donors (Lipinski definition) is 0. The first kappa shape index (κ1) is 11.6. The molecule has 2 rings (SSSR count). The molecular weight excluding hydrogens is 218 g/mol. The Hall–Kier alpha value is -1.84.